The third-order valence-corrected chi connectivity index (χ3v) is 3.69. The maximum atomic E-state index is 11.2. The molecule has 8 heteroatoms. The molecule has 27 heavy (non-hydrogen) atoms. The van der Waals surface area contributed by atoms with E-state index in [1.165, 1.54) is 6.92 Å². The lowest BCUT2D eigenvalue weighted by Gasteiger charge is -2.18. The van der Waals surface area contributed by atoms with Crippen molar-refractivity contribution in [2.45, 2.75) is 26.8 Å². The van der Waals surface area contributed by atoms with Crippen molar-refractivity contribution in [3.8, 4) is 0 Å². The van der Waals surface area contributed by atoms with Gasteiger partial charge in [-0.1, -0.05) is 12.1 Å². The Morgan fingerprint density at radius 3 is 2.70 bits per heavy atom. The van der Waals surface area contributed by atoms with Gasteiger partial charge in [-0.25, -0.2) is 4.99 Å². The second kappa shape index (κ2) is 15.6. The van der Waals surface area contributed by atoms with E-state index in [-0.39, 0.29) is 29.9 Å². The molecule has 0 saturated heterocycles. The molecule has 1 rings (SSSR count). The number of nitrogens with one attached hydrogen (secondary N) is 3. The van der Waals surface area contributed by atoms with Crippen LogP contribution in [0.5, 0.6) is 0 Å². The molecular weight excluding hydrogens is 457 g/mol. The van der Waals surface area contributed by atoms with Gasteiger partial charge in [0.1, 0.15) is 0 Å². The maximum absolute atomic E-state index is 11.2. The Kier molecular flexibility index (Phi) is 14.8. The summed E-state index contributed by atoms with van der Waals surface area (Å²) in [5, 5.41) is 9.40. The molecule has 1 aromatic carbocycles. The van der Waals surface area contributed by atoms with E-state index in [1.54, 1.807) is 7.11 Å². The van der Waals surface area contributed by atoms with E-state index in [1.807, 2.05) is 31.2 Å². The molecule has 3 N–H and O–H groups in total. The number of nitrogens with zero attached hydrogens (tertiary/aromatic N) is 2. The summed E-state index contributed by atoms with van der Waals surface area (Å²) < 4.78 is 5.08. The van der Waals surface area contributed by atoms with Crippen LogP contribution in [-0.2, 0) is 16.1 Å². The molecule has 1 aromatic rings. The molecule has 0 aliphatic heterocycles. The molecule has 1 amide bonds. The molecule has 0 aliphatic carbocycles. The second-order valence-corrected chi connectivity index (χ2v) is 6.15. The van der Waals surface area contributed by atoms with Crippen molar-refractivity contribution in [2.75, 3.05) is 52.3 Å². The van der Waals surface area contributed by atoms with E-state index in [0.29, 0.717) is 6.54 Å². The first-order valence-electron chi connectivity index (χ1n) is 9.11. The molecule has 0 saturated carbocycles. The average Bonchev–Trinajstić information content (AvgIpc) is 2.59. The van der Waals surface area contributed by atoms with Crippen LogP contribution < -0.4 is 16.0 Å². The largest absolute Gasteiger partial charge is 0.385 e. The van der Waals surface area contributed by atoms with Crippen LogP contribution in [0.2, 0.25) is 0 Å². The molecule has 154 valence electrons. The predicted octanol–water partition coefficient (Wildman–Crippen LogP) is 2.29. The van der Waals surface area contributed by atoms with Gasteiger partial charge in [-0.15, -0.1) is 24.0 Å². The molecule has 0 atom stereocenters. The minimum absolute atomic E-state index is 0. The highest BCUT2D eigenvalue weighted by Crippen LogP contribution is 2.11. The number of hydrogen-bond acceptors (Lipinski definition) is 4. The highest BCUT2D eigenvalue weighted by Gasteiger charge is 2.02. The number of carbonyl (C=O) groups is 1. The van der Waals surface area contributed by atoms with Gasteiger partial charge in [-0.3, -0.25) is 4.79 Å². The van der Waals surface area contributed by atoms with Gasteiger partial charge in [0.15, 0.2) is 5.96 Å². The summed E-state index contributed by atoms with van der Waals surface area (Å²) >= 11 is 0. The molecule has 7 nitrogen and oxygen atoms in total. The molecular formula is C19H34IN5O2. The number of carbonyl (C=O) groups excluding carboxylic acids is 1. The number of halogens is 1. The summed E-state index contributed by atoms with van der Waals surface area (Å²) in [5.41, 5.74) is 1.84. The average molecular weight is 491 g/mol. The number of likely N-dealkylation sites (N-methyl/N-ethyl adjacent to an activating group) is 1. The lowest BCUT2D eigenvalue weighted by Crippen LogP contribution is -2.41. The topological polar surface area (TPSA) is 78.0 Å². The minimum Gasteiger partial charge on any atom is -0.385 e. The molecule has 0 bridgehead atoms. The Morgan fingerprint density at radius 1 is 1.26 bits per heavy atom. The maximum Gasteiger partial charge on any atom is 0.221 e. The third-order valence-electron chi connectivity index (χ3n) is 3.69. The summed E-state index contributed by atoms with van der Waals surface area (Å²) in [6.45, 7) is 8.47. The number of methoxy groups -OCH3 is 1. The SMILES string of the molecule is CCNC(=NCc1cccc(NC(C)=O)c1)NCCN(C)CCCOC.I. The summed E-state index contributed by atoms with van der Waals surface area (Å²) in [5.74, 6) is 0.720. The summed E-state index contributed by atoms with van der Waals surface area (Å²) in [6.07, 6.45) is 1.03. The van der Waals surface area contributed by atoms with E-state index >= 15 is 0 Å². The van der Waals surface area contributed by atoms with Gasteiger partial charge in [0, 0.05) is 52.5 Å². The second-order valence-electron chi connectivity index (χ2n) is 6.15. The van der Waals surface area contributed by atoms with Crippen LogP contribution in [0.3, 0.4) is 0 Å². The number of amides is 1. The molecule has 0 heterocycles. The first-order valence-corrected chi connectivity index (χ1v) is 9.11. The van der Waals surface area contributed by atoms with Crippen molar-refractivity contribution in [1.29, 1.82) is 0 Å². The predicted molar refractivity (Wildman–Crippen MR) is 123 cm³/mol. The van der Waals surface area contributed by atoms with E-state index in [0.717, 1.165) is 56.4 Å². The Bertz CT molecular complexity index is 569. The number of ether oxygens (including phenoxy) is 1. The Morgan fingerprint density at radius 2 is 2.04 bits per heavy atom. The van der Waals surface area contributed by atoms with Crippen molar-refractivity contribution in [3.63, 3.8) is 0 Å². The Labute approximate surface area is 180 Å². The van der Waals surface area contributed by atoms with Crippen LogP contribution in [-0.4, -0.2) is 63.7 Å². The highest BCUT2D eigenvalue weighted by atomic mass is 127. The Hall–Kier alpha value is -1.39. The Balaban J connectivity index is 0.00000676. The van der Waals surface area contributed by atoms with Crippen LogP contribution >= 0.6 is 24.0 Å². The zero-order valence-electron chi connectivity index (χ0n) is 16.9. The molecule has 0 spiro atoms. The fourth-order valence-corrected chi connectivity index (χ4v) is 2.42. The number of benzene rings is 1. The van der Waals surface area contributed by atoms with Crippen LogP contribution in [0.1, 0.15) is 25.8 Å². The number of anilines is 1. The number of hydrogen-bond donors (Lipinski definition) is 3. The fourth-order valence-electron chi connectivity index (χ4n) is 2.42. The van der Waals surface area contributed by atoms with Crippen LogP contribution in [0.25, 0.3) is 0 Å². The lowest BCUT2D eigenvalue weighted by atomic mass is 10.2. The van der Waals surface area contributed by atoms with Crippen molar-refractivity contribution >= 4 is 41.5 Å². The quantitative estimate of drug-likeness (QED) is 0.192. The number of aliphatic imine (C=N–C) groups is 1. The summed E-state index contributed by atoms with van der Waals surface area (Å²) in [7, 11) is 3.83. The van der Waals surface area contributed by atoms with Gasteiger partial charge in [0.05, 0.1) is 6.54 Å². The third kappa shape index (κ3) is 12.6. The zero-order chi connectivity index (χ0) is 19.2. The highest BCUT2D eigenvalue weighted by molar-refractivity contribution is 14.0. The summed E-state index contributed by atoms with van der Waals surface area (Å²) in [4.78, 5) is 18.1. The van der Waals surface area contributed by atoms with Gasteiger partial charge in [0.2, 0.25) is 5.91 Å². The fraction of sp³-hybridized carbons (Fsp3) is 0.579. The zero-order valence-corrected chi connectivity index (χ0v) is 19.2. The molecule has 0 radical (unpaired) electrons. The number of rotatable bonds is 11. The van der Waals surface area contributed by atoms with Crippen LogP contribution in [0.15, 0.2) is 29.3 Å². The van der Waals surface area contributed by atoms with Crippen molar-refractivity contribution < 1.29 is 9.53 Å². The molecule has 0 aromatic heterocycles. The normalized spacial score (nSPS) is 11.1. The molecule has 0 aliphatic rings. The standard InChI is InChI=1S/C19H33N5O2.HI/c1-5-20-19(21-10-12-24(3)11-7-13-26-4)22-15-17-8-6-9-18(14-17)23-16(2)25;/h6,8-9,14H,5,7,10-13,15H2,1-4H3,(H,23,25)(H2,20,21,22);1H. The first-order chi connectivity index (χ1) is 12.5. The van der Waals surface area contributed by atoms with Crippen molar-refractivity contribution in [2.24, 2.45) is 4.99 Å². The first kappa shape index (κ1) is 25.6. The van der Waals surface area contributed by atoms with Gasteiger partial charge in [-0.2, -0.15) is 0 Å². The van der Waals surface area contributed by atoms with Crippen molar-refractivity contribution in [1.82, 2.24) is 15.5 Å². The smallest absolute Gasteiger partial charge is 0.221 e. The van der Waals surface area contributed by atoms with Crippen LogP contribution in [0.4, 0.5) is 5.69 Å². The van der Waals surface area contributed by atoms with E-state index in [4.69, 9.17) is 4.74 Å². The summed E-state index contributed by atoms with van der Waals surface area (Å²) in [6, 6.07) is 7.74. The molecule has 0 unspecified atom stereocenters. The monoisotopic (exact) mass is 491 g/mol. The van der Waals surface area contributed by atoms with E-state index in [9.17, 15) is 4.79 Å². The van der Waals surface area contributed by atoms with Gasteiger partial charge in [-0.05, 0) is 38.1 Å². The van der Waals surface area contributed by atoms with Gasteiger partial charge in [0.25, 0.3) is 0 Å². The van der Waals surface area contributed by atoms with E-state index in [2.05, 4.69) is 32.9 Å². The number of guanidine groups is 1. The van der Waals surface area contributed by atoms with Crippen molar-refractivity contribution in [3.05, 3.63) is 29.8 Å². The van der Waals surface area contributed by atoms with Gasteiger partial charge < -0.3 is 25.6 Å². The lowest BCUT2D eigenvalue weighted by molar-refractivity contribution is -0.114. The van der Waals surface area contributed by atoms with Gasteiger partial charge >= 0.3 is 0 Å². The molecule has 0 fully saturated rings. The van der Waals surface area contributed by atoms with Crippen LogP contribution in [0, 0.1) is 0 Å². The van der Waals surface area contributed by atoms with E-state index < -0.39 is 0 Å². The minimum atomic E-state index is -0.0738.